The first kappa shape index (κ1) is 42.8. The van der Waals surface area contributed by atoms with Gasteiger partial charge >= 0.3 is 5.97 Å². The SMILES string of the molecule is CC[N+](CC)(CC(=O)O[C@H]1CC[C@@]2(C)C(=CC[C@H]3[C@@H]4C[C@@H]5O[C@]6(CC[C@@H](C)CO6)[C@@H](C)[C@@H]5[C@@]4(C)CC[C@@H]32)C1)Cc1ccc(CN2CCNCCNCCNCC2)cc1. The highest BCUT2D eigenvalue weighted by Crippen LogP contribution is 2.70. The lowest BCUT2D eigenvalue weighted by Crippen LogP contribution is -2.53. The zero-order valence-electron chi connectivity index (χ0n) is 37.3. The predicted molar refractivity (Wildman–Crippen MR) is 232 cm³/mol. The number of esters is 1. The Morgan fingerprint density at radius 1 is 0.879 bits per heavy atom. The highest BCUT2D eigenvalue weighted by molar-refractivity contribution is 5.71. The molecule has 8 rings (SSSR count). The zero-order chi connectivity index (χ0) is 40.5. The van der Waals surface area contributed by atoms with Gasteiger partial charge in [-0.15, -0.1) is 0 Å². The van der Waals surface area contributed by atoms with Crippen molar-refractivity contribution in [3.63, 3.8) is 0 Å². The standard InChI is InChI=1S/C49H80N5O4/c1-7-54(8-2,32-38-11-9-37(10-12-38)31-53-27-25-51-23-21-50-22-24-52-26-28-53)33-45(55)57-40-16-18-47(5)39(29-40)13-14-41-42(47)17-19-48(6)43(41)30-44-46(48)36(4)49(58-44)20-15-35(3)34-56-49/h9-13,35-36,40-44,46,50-52H,7-8,14-34H2,1-6H3/q+1/t35-,36+,40+,41-,42+,43+,44+,46+,47+,48+,49-/m1/s1. The van der Waals surface area contributed by atoms with Gasteiger partial charge in [0.1, 0.15) is 12.6 Å². The van der Waals surface area contributed by atoms with Crippen molar-refractivity contribution < 1.29 is 23.5 Å². The van der Waals surface area contributed by atoms with E-state index < -0.39 is 0 Å². The summed E-state index contributed by atoms with van der Waals surface area (Å²) in [5.41, 5.74) is 4.78. The van der Waals surface area contributed by atoms with E-state index in [-0.39, 0.29) is 23.3 Å². The molecule has 9 nitrogen and oxygen atoms in total. The van der Waals surface area contributed by atoms with Crippen LogP contribution in [0.2, 0.25) is 0 Å². The molecular weight excluding hydrogens is 723 g/mol. The van der Waals surface area contributed by atoms with Gasteiger partial charge in [-0.3, -0.25) is 4.90 Å². The molecule has 58 heavy (non-hydrogen) atoms. The molecule has 9 heteroatoms. The molecule has 3 N–H and O–H groups in total. The molecule has 3 saturated heterocycles. The highest BCUT2D eigenvalue weighted by Gasteiger charge is 2.68. The van der Waals surface area contributed by atoms with Crippen LogP contribution in [-0.2, 0) is 32.1 Å². The number of carbonyl (C=O) groups excluding carboxylic acids is 1. The van der Waals surface area contributed by atoms with Gasteiger partial charge in [-0.05, 0) is 105 Å². The van der Waals surface area contributed by atoms with Crippen molar-refractivity contribution in [1.82, 2.24) is 20.9 Å². The van der Waals surface area contributed by atoms with E-state index in [1.54, 1.807) is 5.57 Å². The lowest BCUT2D eigenvalue weighted by atomic mass is 9.47. The molecule has 3 saturated carbocycles. The van der Waals surface area contributed by atoms with E-state index in [1.807, 2.05) is 0 Å². The summed E-state index contributed by atoms with van der Waals surface area (Å²) in [5, 5.41) is 10.6. The molecule has 1 spiro atoms. The predicted octanol–water partition coefficient (Wildman–Crippen LogP) is 6.91. The molecule has 0 amide bonds. The zero-order valence-corrected chi connectivity index (χ0v) is 37.3. The average Bonchev–Trinajstić information content (AvgIpc) is 3.66. The number of fused-ring (bicyclic) bond motifs is 7. The first-order valence-electron chi connectivity index (χ1n) is 24.0. The van der Waals surface area contributed by atoms with Gasteiger partial charge in [0, 0.05) is 83.2 Å². The summed E-state index contributed by atoms with van der Waals surface area (Å²) in [4.78, 5) is 16.4. The molecule has 7 aliphatic rings. The first-order valence-corrected chi connectivity index (χ1v) is 24.0. The number of rotatable bonds is 9. The molecular formula is C49H80N5O4+. The van der Waals surface area contributed by atoms with Gasteiger partial charge in [0.05, 0.1) is 25.8 Å². The van der Waals surface area contributed by atoms with E-state index in [9.17, 15) is 4.79 Å². The number of likely N-dealkylation sites (N-methyl/N-ethyl adjacent to an activating group) is 1. The summed E-state index contributed by atoms with van der Waals surface area (Å²) in [7, 11) is 0. The Bertz CT molecular complexity index is 1560. The van der Waals surface area contributed by atoms with Gasteiger partial charge in [0.2, 0.25) is 0 Å². The second-order valence-electron chi connectivity index (χ2n) is 20.8. The molecule has 0 radical (unpaired) electrons. The molecule has 0 unspecified atom stereocenters. The van der Waals surface area contributed by atoms with Crippen LogP contribution in [0.1, 0.15) is 110 Å². The van der Waals surface area contributed by atoms with Crippen molar-refractivity contribution in [3.8, 4) is 0 Å². The second kappa shape index (κ2) is 17.9. The minimum atomic E-state index is -0.341. The van der Waals surface area contributed by atoms with E-state index in [2.05, 4.69) is 92.7 Å². The molecule has 324 valence electrons. The number of carbonyl (C=O) groups is 1. The molecule has 1 aromatic carbocycles. The fourth-order valence-electron chi connectivity index (χ4n) is 13.8. The van der Waals surface area contributed by atoms with Crippen LogP contribution in [0.5, 0.6) is 0 Å². The number of benzene rings is 1. The Labute approximate surface area is 351 Å². The number of quaternary nitrogens is 1. The topological polar surface area (TPSA) is 84.1 Å². The molecule has 6 fully saturated rings. The van der Waals surface area contributed by atoms with E-state index in [1.165, 1.54) is 43.2 Å². The van der Waals surface area contributed by atoms with E-state index in [0.717, 1.165) is 133 Å². The van der Waals surface area contributed by atoms with Crippen LogP contribution in [-0.4, -0.2) is 112 Å². The minimum absolute atomic E-state index is 0.00513. The number of ether oxygens (including phenoxy) is 3. The monoisotopic (exact) mass is 803 g/mol. The largest absolute Gasteiger partial charge is 0.458 e. The van der Waals surface area contributed by atoms with Crippen LogP contribution in [0.25, 0.3) is 0 Å². The summed E-state index contributed by atoms with van der Waals surface area (Å²) in [5.74, 6) is 3.52. The smallest absolute Gasteiger partial charge is 0.362 e. The lowest BCUT2D eigenvalue weighted by molar-refractivity contribution is -0.931. The first-order chi connectivity index (χ1) is 28.0. The van der Waals surface area contributed by atoms with Crippen molar-refractivity contribution in [1.29, 1.82) is 0 Å². The van der Waals surface area contributed by atoms with Crippen LogP contribution in [0, 0.1) is 46.3 Å². The van der Waals surface area contributed by atoms with Gasteiger partial charge in [-0.1, -0.05) is 63.6 Å². The summed E-state index contributed by atoms with van der Waals surface area (Å²) in [6, 6.07) is 9.20. The van der Waals surface area contributed by atoms with Gasteiger partial charge in [-0.25, -0.2) is 4.79 Å². The summed E-state index contributed by atoms with van der Waals surface area (Å²) >= 11 is 0. The average molecular weight is 803 g/mol. The van der Waals surface area contributed by atoms with Crippen molar-refractivity contribution in [3.05, 3.63) is 47.0 Å². The maximum atomic E-state index is 13.8. The molecule has 3 heterocycles. The molecule has 0 bridgehead atoms. The lowest BCUT2D eigenvalue weighted by Gasteiger charge is -2.58. The molecule has 11 atom stereocenters. The number of allylic oxidation sites excluding steroid dienone is 1. The van der Waals surface area contributed by atoms with E-state index in [0.29, 0.717) is 35.8 Å². The third-order valence-electron chi connectivity index (χ3n) is 17.5. The van der Waals surface area contributed by atoms with Crippen LogP contribution in [0.15, 0.2) is 35.9 Å². The normalized spacial score (nSPS) is 40.0. The fraction of sp³-hybridized carbons (Fsp3) is 0.816. The van der Waals surface area contributed by atoms with Gasteiger partial charge in [0.15, 0.2) is 12.3 Å². The van der Waals surface area contributed by atoms with E-state index in [4.69, 9.17) is 14.2 Å². The quantitative estimate of drug-likeness (QED) is 0.141. The number of nitrogens with one attached hydrogen (secondary N) is 3. The van der Waals surface area contributed by atoms with Crippen molar-refractivity contribution in [2.24, 2.45) is 46.3 Å². The Balaban J connectivity index is 0.852. The van der Waals surface area contributed by atoms with Crippen molar-refractivity contribution >= 4 is 5.97 Å². The molecule has 1 aromatic rings. The summed E-state index contributed by atoms with van der Waals surface area (Å²) in [6.45, 7) is 27.5. The summed E-state index contributed by atoms with van der Waals surface area (Å²) < 4.78 is 20.8. The third-order valence-corrected chi connectivity index (χ3v) is 17.5. The molecule has 3 aliphatic heterocycles. The maximum absolute atomic E-state index is 13.8. The Hall–Kier alpha value is -1.85. The van der Waals surface area contributed by atoms with E-state index >= 15 is 0 Å². The molecule has 0 aromatic heterocycles. The van der Waals surface area contributed by atoms with Crippen LogP contribution < -0.4 is 16.0 Å². The van der Waals surface area contributed by atoms with Crippen LogP contribution >= 0.6 is 0 Å². The Morgan fingerprint density at radius 2 is 1.57 bits per heavy atom. The van der Waals surface area contributed by atoms with Gasteiger partial charge in [-0.2, -0.15) is 0 Å². The van der Waals surface area contributed by atoms with Gasteiger partial charge in [0.25, 0.3) is 0 Å². The minimum Gasteiger partial charge on any atom is -0.458 e. The Morgan fingerprint density at radius 3 is 2.24 bits per heavy atom. The highest BCUT2D eigenvalue weighted by atomic mass is 16.7. The van der Waals surface area contributed by atoms with Gasteiger partial charge < -0.3 is 34.6 Å². The third kappa shape index (κ3) is 8.50. The second-order valence-corrected chi connectivity index (χ2v) is 20.8. The van der Waals surface area contributed by atoms with Crippen LogP contribution in [0.3, 0.4) is 0 Å². The van der Waals surface area contributed by atoms with Crippen molar-refractivity contribution in [2.45, 2.75) is 130 Å². The number of hydrogen-bond acceptors (Lipinski definition) is 8. The fourth-order valence-corrected chi connectivity index (χ4v) is 13.8. The van der Waals surface area contributed by atoms with Crippen molar-refractivity contribution in [2.75, 3.05) is 78.6 Å². The number of nitrogens with zero attached hydrogens (tertiary/aromatic N) is 2. The van der Waals surface area contributed by atoms with Crippen LogP contribution in [0.4, 0.5) is 0 Å². The maximum Gasteiger partial charge on any atom is 0.362 e. The summed E-state index contributed by atoms with van der Waals surface area (Å²) in [6.07, 6.45) is 13.3. The number of hydrogen-bond donors (Lipinski definition) is 3. The Kier molecular flexibility index (Phi) is 13.2. The molecule has 4 aliphatic carbocycles.